The second kappa shape index (κ2) is 7.38. The minimum Gasteiger partial charge on any atom is -0.393 e. The number of hydrogen-bond donors (Lipinski definition) is 3. The highest BCUT2D eigenvalue weighted by molar-refractivity contribution is 5.92. The van der Waals surface area contributed by atoms with E-state index in [0.29, 0.717) is 5.92 Å². The van der Waals surface area contributed by atoms with Crippen molar-refractivity contribution in [3.8, 4) is 11.1 Å². The summed E-state index contributed by atoms with van der Waals surface area (Å²) in [7, 11) is 0. The van der Waals surface area contributed by atoms with Crippen LogP contribution in [-0.4, -0.2) is 27.7 Å². The topological polar surface area (TPSA) is 60.9 Å². The lowest BCUT2D eigenvalue weighted by Gasteiger charge is -2.27. The van der Waals surface area contributed by atoms with Gasteiger partial charge >= 0.3 is 0 Å². The number of aromatic amines is 1. The summed E-state index contributed by atoms with van der Waals surface area (Å²) in [5, 5.41) is 14.7. The number of fused-ring (bicyclic) bond motifs is 1. The molecule has 2 atom stereocenters. The van der Waals surface area contributed by atoms with Crippen LogP contribution in [-0.2, 0) is 6.54 Å². The van der Waals surface area contributed by atoms with Crippen LogP contribution in [0.4, 0.5) is 0 Å². The fraction of sp³-hybridized carbons (Fsp3) is 0.381. The van der Waals surface area contributed by atoms with Gasteiger partial charge in [0.2, 0.25) is 0 Å². The summed E-state index contributed by atoms with van der Waals surface area (Å²) >= 11 is 0. The van der Waals surface area contributed by atoms with Crippen LogP contribution in [0.15, 0.2) is 48.8 Å². The summed E-state index contributed by atoms with van der Waals surface area (Å²) in [5.41, 5.74) is 4.61. The second-order valence-corrected chi connectivity index (χ2v) is 7.04. The van der Waals surface area contributed by atoms with E-state index >= 15 is 0 Å². The van der Waals surface area contributed by atoms with E-state index in [9.17, 15) is 5.11 Å². The van der Waals surface area contributed by atoms with Gasteiger partial charge in [-0.15, -0.1) is 0 Å². The highest BCUT2D eigenvalue weighted by Crippen LogP contribution is 2.27. The van der Waals surface area contributed by atoms with Gasteiger partial charge in [0.1, 0.15) is 5.65 Å². The van der Waals surface area contributed by atoms with Crippen molar-refractivity contribution < 1.29 is 5.11 Å². The van der Waals surface area contributed by atoms with Crippen molar-refractivity contribution in [2.45, 2.75) is 38.3 Å². The van der Waals surface area contributed by atoms with Crippen LogP contribution in [0.2, 0.25) is 0 Å². The number of aromatic nitrogens is 2. The molecule has 25 heavy (non-hydrogen) atoms. The zero-order valence-electron chi connectivity index (χ0n) is 14.4. The van der Waals surface area contributed by atoms with Gasteiger partial charge in [0.15, 0.2) is 0 Å². The molecule has 1 saturated carbocycles. The predicted molar refractivity (Wildman–Crippen MR) is 101 cm³/mol. The zero-order valence-corrected chi connectivity index (χ0v) is 14.4. The van der Waals surface area contributed by atoms with Crippen molar-refractivity contribution in [2.24, 2.45) is 5.92 Å². The Kier molecular flexibility index (Phi) is 4.81. The maximum Gasteiger partial charge on any atom is 0.137 e. The fourth-order valence-electron chi connectivity index (χ4n) is 3.84. The van der Waals surface area contributed by atoms with Gasteiger partial charge in [-0.1, -0.05) is 37.1 Å². The Hall–Kier alpha value is -2.17. The molecule has 3 N–H and O–H groups in total. The van der Waals surface area contributed by atoms with Gasteiger partial charge in [0.05, 0.1) is 6.10 Å². The lowest BCUT2D eigenvalue weighted by molar-refractivity contribution is 0.0695. The summed E-state index contributed by atoms with van der Waals surface area (Å²) in [5.74, 6) is 0.409. The Morgan fingerprint density at radius 3 is 2.76 bits per heavy atom. The van der Waals surface area contributed by atoms with Crippen LogP contribution in [0.5, 0.6) is 0 Å². The number of nitrogens with zero attached hydrogens (tertiary/aromatic N) is 1. The van der Waals surface area contributed by atoms with Crippen LogP contribution in [0.25, 0.3) is 22.2 Å². The quantitative estimate of drug-likeness (QED) is 0.663. The van der Waals surface area contributed by atoms with Crippen LogP contribution in [0.3, 0.4) is 0 Å². The highest BCUT2D eigenvalue weighted by atomic mass is 16.3. The molecule has 0 aliphatic heterocycles. The van der Waals surface area contributed by atoms with Crippen molar-refractivity contribution in [1.29, 1.82) is 0 Å². The van der Waals surface area contributed by atoms with E-state index in [1.165, 1.54) is 29.5 Å². The Balaban J connectivity index is 1.39. The summed E-state index contributed by atoms with van der Waals surface area (Å²) < 4.78 is 0. The first-order valence-corrected chi connectivity index (χ1v) is 9.21. The minimum atomic E-state index is -0.126. The van der Waals surface area contributed by atoms with Gasteiger partial charge in [-0.25, -0.2) is 4.98 Å². The molecule has 0 spiro atoms. The Bertz CT molecular complexity index is 825. The number of aliphatic hydroxyl groups excluding tert-OH is 1. The molecule has 1 aliphatic carbocycles. The SMILES string of the molecule is OC1CCCCC1CNCc1ccc(-c2ccnc3[nH]ccc23)cc1. The van der Waals surface area contributed by atoms with Gasteiger partial charge in [-0.2, -0.15) is 0 Å². The molecule has 1 aromatic carbocycles. The molecule has 0 bridgehead atoms. The molecule has 2 heterocycles. The molecule has 0 radical (unpaired) electrons. The van der Waals surface area contributed by atoms with Crippen molar-refractivity contribution in [3.05, 3.63) is 54.4 Å². The van der Waals surface area contributed by atoms with Crippen LogP contribution in [0.1, 0.15) is 31.2 Å². The summed E-state index contributed by atoms with van der Waals surface area (Å²) in [4.78, 5) is 7.51. The van der Waals surface area contributed by atoms with Crippen LogP contribution < -0.4 is 5.32 Å². The van der Waals surface area contributed by atoms with Gasteiger partial charge in [0.25, 0.3) is 0 Å². The van der Waals surface area contributed by atoms with E-state index in [1.54, 1.807) is 0 Å². The van der Waals surface area contributed by atoms with E-state index < -0.39 is 0 Å². The molecular formula is C21H25N3O. The standard InChI is InChI=1S/C21H25N3O/c25-20-4-2-1-3-17(20)14-22-13-15-5-7-16(8-6-15)18-9-11-23-21-19(18)10-12-24-21/h5-12,17,20,22,25H,1-4,13-14H2,(H,23,24). The highest BCUT2D eigenvalue weighted by Gasteiger charge is 2.22. The van der Waals surface area contributed by atoms with Crippen molar-refractivity contribution >= 4 is 11.0 Å². The number of pyridine rings is 1. The molecule has 2 unspecified atom stereocenters. The lowest BCUT2D eigenvalue weighted by Crippen LogP contribution is -2.33. The third kappa shape index (κ3) is 3.60. The van der Waals surface area contributed by atoms with Crippen molar-refractivity contribution in [3.63, 3.8) is 0 Å². The zero-order chi connectivity index (χ0) is 17.1. The van der Waals surface area contributed by atoms with Crippen LogP contribution in [0, 0.1) is 5.92 Å². The van der Waals surface area contributed by atoms with Gasteiger partial charge in [0, 0.05) is 30.9 Å². The molecular weight excluding hydrogens is 310 g/mol. The summed E-state index contributed by atoms with van der Waals surface area (Å²) in [6.07, 6.45) is 8.17. The molecule has 0 amide bonds. The number of nitrogens with one attached hydrogen (secondary N) is 2. The fourth-order valence-corrected chi connectivity index (χ4v) is 3.84. The second-order valence-electron chi connectivity index (χ2n) is 7.04. The number of H-pyrrole nitrogens is 1. The number of rotatable bonds is 5. The molecule has 1 aliphatic rings. The van der Waals surface area contributed by atoms with Crippen molar-refractivity contribution in [1.82, 2.24) is 15.3 Å². The molecule has 4 nitrogen and oxygen atoms in total. The number of hydrogen-bond acceptors (Lipinski definition) is 3. The molecule has 0 saturated heterocycles. The molecule has 1 fully saturated rings. The molecule has 3 aromatic rings. The van der Waals surface area contributed by atoms with Gasteiger partial charge in [-0.05, 0) is 47.6 Å². The molecule has 130 valence electrons. The largest absolute Gasteiger partial charge is 0.393 e. The van der Waals surface area contributed by atoms with E-state index in [4.69, 9.17) is 0 Å². The first-order valence-electron chi connectivity index (χ1n) is 9.21. The molecule has 4 rings (SSSR count). The van der Waals surface area contributed by atoms with Crippen molar-refractivity contribution in [2.75, 3.05) is 6.54 Å². The lowest BCUT2D eigenvalue weighted by atomic mass is 9.86. The average molecular weight is 335 g/mol. The average Bonchev–Trinajstić information content (AvgIpc) is 3.13. The number of aliphatic hydroxyl groups is 1. The van der Waals surface area contributed by atoms with E-state index in [1.807, 2.05) is 12.4 Å². The smallest absolute Gasteiger partial charge is 0.137 e. The summed E-state index contributed by atoms with van der Waals surface area (Å²) in [6.45, 7) is 1.75. The first kappa shape index (κ1) is 16.3. The number of benzene rings is 1. The molecule has 4 heteroatoms. The summed E-state index contributed by atoms with van der Waals surface area (Å²) in [6, 6.07) is 12.8. The predicted octanol–water partition coefficient (Wildman–Crippen LogP) is 3.87. The maximum absolute atomic E-state index is 10.0. The Morgan fingerprint density at radius 1 is 1.08 bits per heavy atom. The van der Waals surface area contributed by atoms with Crippen LogP contribution >= 0.6 is 0 Å². The first-order chi connectivity index (χ1) is 12.3. The van der Waals surface area contributed by atoms with E-state index in [-0.39, 0.29) is 6.10 Å². The van der Waals surface area contributed by atoms with E-state index in [2.05, 4.69) is 51.7 Å². The van der Waals surface area contributed by atoms with Gasteiger partial charge in [-0.3, -0.25) is 0 Å². The Labute approximate surface area is 148 Å². The third-order valence-electron chi connectivity index (χ3n) is 5.33. The minimum absolute atomic E-state index is 0.126. The monoisotopic (exact) mass is 335 g/mol. The normalized spacial score (nSPS) is 20.8. The third-order valence-corrected chi connectivity index (χ3v) is 5.33. The molecule has 2 aromatic heterocycles. The maximum atomic E-state index is 10.0. The van der Waals surface area contributed by atoms with E-state index in [0.717, 1.165) is 37.0 Å². The van der Waals surface area contributed by atoms with Gasteiger partial charge < -0.3 is 15.4 Å². The Morgan fingerprint density at radius 2 is 1.92 bits per heavy atom.